The summed E-state index contributed by atoms with van der Waals surface area (Å²) in [4.78, 5) is 0. The minimum atomic E-state index is -3.46. The molecule has 18 heavy (non-hydrogen) atoms. The van der Waals surface area contributed by atoms with Crippen molar-refractivity contribution in [2.24, 2.45) is 5.92 Å². The van der Waals surface area contributed by atoms with E-state index in [0.29, 0.717) is 12.5 Å². The number of hydrogen-bond donors (Lipinski definition) is 1. The average Bonchev–Trinajstić information content (AvgIpc) is 2.82. The Morgan fingerprint density at radius 3 is 2.33 bits per heavy atom. The van der Waals surface area contributed by atoms with Gasteiger partial charge >= 0.3 is 0 Å². The van der Waals surface area contributed by atoms with E-state index in [0.717, 1.165) is 12.8 Å². The zero-order chi connectivity index (χ0) is 13.8. The van der Waals surface area contributed by atoms with Crippen LogP contribution in [0, 0.1) is 5.92 Å². The number of sulfonamides is 1. The molecular formula is C12H23N3O2S. The van der Waals surface area contributed by atoms with Crippen molar-refractivity contribution in [1.82, 2.24) is 14.5 Å². The van der Waals surface area contributed by atoms with Gasteiger partial charge in [-0.1, -0.05) is 27.7 Å². The summed E-state index contributed by atoms with van der Waals surface area (Å²) in [6.07, 6.45) is 3.10. The Kier molecular flexibility index (Phi) is 5.34. The molecule has 1 N–H and O–H groups in total. The van der Waals surface area contributed by atoms with Crippen LogP contribution >= 0.6 is 0 Å². The summed E-state index contributed by atoms with van der Waals surface area (Å²) < 4.78 is 26.7. The van der Waals surface area contributed by atoms with E-state index in [2.05, 4.69) is 10.2 Å². The van der Waals surface area contributed by atoms with E-state index in [1.165, 1.54) is 12.3 Å². The summed E-state index contributed by atoms with van der Waals surface area (Å²) in [7, 11) is -3.46. The standard InChI is InChI=1S/C12H23N3O2S/c1-5-11(6-2)15(9-10(3)4)18(16,17)12-7-8-13-14-12/h7-8,10-11H,5-6,9H2,1-4H3,(H,13,14). The predicted octanol–water partition coefficient (Wildman–Crippen LogP) is 2.25. The molecule has 0 fully saturated rings. The van der Waals surface area contributed by atoms with Crippen LogP contribution in [-0.2, 0) is 10.0 Å². The fourth-order valence-electron chi connectivity index (χ4n) is 2.01. The van der Waals surface area contributed by atoms with E-state index >= 15 is 0 Å². The minimum Gasteiger partial charge on any atom is -0.266 e. The molecule has 6 heteroatoms. The topological polar surface area (TPSA) is 66.1 Å². The van der Waals surface area contributed by atoms with Gasteiger partial charge in [-0.05, 0) is 24.8 Å². The Hall–Kier alpha value is -0.880. The average molecular weight is 273 g/mol. The zero-order valence-corrected chi connectivity index (χ0v) is 12.4. The summed E-state index contributed by atoms with van der Waals surface area (Å²) >= 11 is 0. The smallest absolute Gasteiger partial charge is 0.260 e. The van der Waals surface area contributed by atoms with Gasteiger partial charge in [-0.3, -0.25) is 5.10 Å². The normalized spacial score (nSPS) is 12.8. The van der Waals surface area contributed by atoms with Gasteiger partial charge in [-0.15, -0.1) is 0 Å². The molecule has 104 valence electrons. The van der Waals surface area contributed by atoms with E-state index in [4.69, 9.17) is 0 Å². The molecule has 1 heterocycles. The quantitative estimate of drug-likeness (QED) is 0.828. The SMILES string of the molecule is CCC(CC)N(CC(C)C)S(=O)(=O)c1ccn[nH]1. The summed E-state index contributed by atoms with van der Waals surface area (Å²) in [5.74, 6) is 0.295. The number of rotatable bonds is 7. The van der Waals surface area contributed by atoms with Crippen LogP contribution < -0.4 is 0 Å². The highest BCUT2D eigenvalue weighted by Crippen LogP contribution is 2.21. The predicted molar refractivity (Wildman–Crippen MR) is 71.7 cm³/mol. The molecule has 0 aromatic carbocycles. The fraction of sp³-hybridized carbons (Fsp3) is 0.750. The largest absolute Gasteiger partial charge is 0.266 e. The van der Waals surface area contributed by atoms with Gasteiger partial charge in [0, 0.05) is 12.6 Å². The minimum absolute atomic E-state index is 0.0423. The molecule has 0 atom stereocenters. The first kappa shape index (κ1) is 15.2. The molecule has 0 aliphatic carbocycles. The second-order valence-corrected chi connectivity index (χ2v) is 6.72. The lowest BCUT2D eigenvalue weighted by Crippen LogP contribution is -2.42. The zero-order valence-electron chi connectivity index (χ0n) is 11.5. The lowest BCUT2D eigenvalue weighted by molar-refractivity contribution is 0.276. The summed E-state index contributed by atoms with van der Waals surface area (Å²) in [5.41, 5.74) is 0. The first-order chi connectivity index (χ1) is 8.43. The number of nitrogens with one attached hydrogen (secondary N) is 1. The van der Waals surface area contributed by atoms with Crippen molar-refractivity contribution < 1.29 is 8.42 Å². The number of nitrogens with zero attached hydrogens (tertiary/aromatic N) is 2. The van der Waals surface area contributed by atoms with Crippen molar-refractivity contribution in [3.05, 3.63) is 12.3 Å². The molecule has 5 nitrogen and oxygen atoms in total. The molecule has 0 bridgehead atoms. The van der Waals surface area contributed by atoms with Crippen LogP contribution in [0.25, 0.3) is 0 Å². The van der Waals surface area contributed by atoms with Crippen molar-refractivity contribution in [3.8, 4) is 0 Å². The molecule has 1 rings (SSSR count). The van der Waals surface area contributed by atoms with Gasteiger partial charge in [-0.2, -0.15) is 9.40 Å². The summed E-state index contributed by atoms with van der Waals surface area (Å²) in [5, 5.41) is 6.46. The van der Waals surface area contributed by atoms with E-state index in [1.54, 1.807) is 4.31 Å². The van der Waals surface area contributed by atoms with Gasteiger partial charge in [0.2, 0.25) is 0 Å². The second-order valence-electron chi connectivity index (χ2n) is 4.86. The van der Waals surface area contributed by atoms with Crippen molar-refractivity contribution in [3.63, 3.8) is 0 Å². The Labute approximate surface area is 110 Å². The van der Waals surface area contributed by atoms with Crippen molar-refractivity contribution in [2.45, 2.75) is 51.6 Å². The van der Waals surface area contributed by atoms with E-state index in [9.17, 15) is 8.42 Å². The molecule has 0 radical (unpaired) electrons. The highest BCUT2D eigenvalue weighted by molar-refractivity contribution is 7.89. The molecule has 0 spiro atoms. The number of aromatic nitrogens is 2. The molecule has 1 aromatic rings. The van der Waals surface area contributed by atoms with Crippen LogP contribution in [0.5, 0.6) is 0 Å². The molecule has 0 amide bonds. The maximum Gasteiger partial charge on any atom is 0.260 e. The number of aromatic amines is 1. The van der Waals surface area contributed by atoms with Gasteiger partial charge in [0.1, 0.15) is 0 Å². The van der Waals surface area contributed by atoms with Crippen LogP contribution in [0.3, 0.4) is 0 Å². The first-order valence-electron chi connectivity index (χ1n) is 6.44. The lowest BCUT2D eigenvalue weighted by Gasteiger charge is -2.30. The second kappa shape index (κ2) is 6.33. The summed E-state index contributed by atoms with van der Waals surface area (Å²) in [6.45, 7) is 8.62. The monoisotopic (exact) mass is 273 g/mol. The molecular weight excluding hydrogens is 250 g/mol. The van der Waals surface area contributed by atoms with Gasteiger partial charge in [0.25, 0.3) is 10.0 Å². The Morgan fingerprint density at radius 1 is 1.33 bits per heavy atom. The molecule has 0 saturated heterocycles. The van der Waals surface area contributed by atoms with Crippen LogP contribution in [0.1, 0.15) is 40.5 Å². The Bertz CT molecular complexity index is 436. The lowest BCUT2D eigenvalue weighted by atomic mass is 10.1. The molecule has 0 aliphatic rings. The third kappa shape index (κ3) is 3.32. The van der Waals surface area contributed by atoms with E-state index in [-0.39, 0.29) is 11.1 Å². The first-order valence-corrected chi connectivity index (χ1v) is 7.88. The molecule has 0 unspecified atom stereocenters. The molecule has 1 aromatic heterocycles. The van der Waals surface area contributed by atoms with E-state index in [1.807, 2.05) is 27.7 Å². The van der Waals surface area contributed by atoms with Crippen LogP contribution in [0.15, 0.2) is 17.3 Å². The Balaban J connectivity index is 3.10. The highest BCUT2D eigenvalue weighted by Gasteiger charge is 2.31. The van der Waals surface area contributed by atoms with Gasteiger partial charge in [0.15, 0.2) is 5.03 Å². The van der Waals surface area contributed by atoms with Crippen LogP contribution in [-0.4, -0.2) is 35.5 Å². The van der Waals surface area contributed by atoms with Gasteiger partial charge < -0.3 is 0 Å². The summed E-state index contributed by atoms with van der Waals surface area (Å²) in [6, 6.07) is 1.55. The number of H-pyrrole nitrogens is 1. The highest BCUT2D eigenvalue weighted by atomic mass is 32.2. The van der Waals surface area contributed by atoms with Crippen molar-refractivity contribution >= 4 is 10.0 Å². The van der Waals surface area contributed by atoms with Crippen molar-refractivity contribution in [2.75, 3.05) is 6.54 Å². The fourth-order valence-corrected chi connectivity index (χ4v) is 3.85. The maximum atomic E-state index is 12.5. The maximum absolute atomic E-state index is 12.5. The number of hydrogen-bond acceptors (Lipinski definition) is 3. The van der Waals surface area contributed by atoms with Crippen LogP contribution in [0.2, 0.25) is 0 Å². The van der Waals surface area contributed by atoms with Crippen LogP contribution in [0.4, 0.5) is 0 Å². The van der Waals surface area contributed by atoms with Crippen molar-refractivity contribution in [1.29, 1.82) is 0 Å². The Morgan fingerprint density at radius 2 is 1.94 bits per heavy atom. The molecule has 0 aliphatic heterocycles. The van der Waals surface area contributed by atoms with Gasteiger partial charge in [0.05, 0.1) is 6.20 Å². The van der Waals surface area contributed by atoms with E-state index < -0.39 is 10.0 Å². The van der Waals surface area contributed by atoms with Gasteiger partial charge in [-0.25, -0.2) is 8.42 Å². The molecule has 0 saturated carbocycles. The third-order valence-corrected chi connectivity index (χ3v) is 4.80. The third-order valence-electron chi connectivity index (χ3n) is 2.96.